The standard InChI is InChI=1S/C14H32N2O/c1-2-3-4-5-6-7-8-9-11-16-12-14-17-13-10-15/h16H,2-15H2,1H3. The molecule has 0 atom stereocenters. The van der Waals surface area contributed by atoms with Gasteiger partial charge in [-0.15, -0.1) is 0 Å². The third-order valence-electron chi connectivity index (χ3n) is 2.89. The molecule has 104 valence electrons. The second kappa shape index (κ2) is 15.9. The maximum Gasteiger partial charge on any atom is 0.0591 e. The third-order valence-corrected chi connectivity index (χ3v) is 2.89. The first-order valence-electron chi connectivity index (χ1n) is 7.40. The molecule has 0 fully saturated rings. The molecule has 0 aliphatic carbocycles. The Kier molecular flexibility index (Phi) is 15.8. The van der Waals surface area contributed by atoms with E-state index in [2.05, 4.69) is 12.2 Å². The van der Waals surface area contributed by atoms with E-state index in [1.54, 1.807) is 0 Å². The average Bonchev–Trinajstić information content (AvgIpc) is 2.35. The molecule has 0 saturated heterocycles. The molecule has 0 radical (unpaired) electrons. The van der Waals surface area contributed by atoms with Gasteiger partial charge in [0.1, 0.15) is 0 Å². The molecule has 0 rings (SSSR count). The maximum absolute atomic E-state index is 5.32. The summed E-state index contributed by atoms with van der Waals surface area (Å²) in [6.45, 7) is 6.44. The Morgan fingerprint density at radius 2 is 1.47 bits per heavy atom. The molecule has 3 heteroatoms. The van der Waals surface area contributed by atoms with Gasteiger partial charge in [-0.05, 0) is 13.0 Å². The van der Waals surface area contributed by atoms with Gasteiger partial charge in [0.25, 0.3) is 0 Å². The van der Waals surface area contributed by atoms with Gasteiger partial charge in [-0.25, -0.2) is 0 Å². The average molecular weight is 244 g/mol. The lowest BCUT2D eigenvalue weighted by Crippen LogP contribution is -2.22. The summed E-state index contributed by atoms with van der Waals surface area (Å²) in [7, 11) is 0. The van der Waals surface area contributed by atoms with Crippen molar-refractivity contribution in [3.63, 3.8) is 0 Å². The summed E-state index contributed by atoms with van der Waals surface area (Å²) in [5.74, 6) is 0. The van der Waals surface area contributed by atoms with Crippen molar-refractivity contribution in [1.82, 2.24) is 5.32 Å². The van der Waals surface area contributed by atoms with Gasteiger partial charge in [0.05, 0.1) is 13.2 Å². The van der Waals surface area contributed by atoms with Crippen LogP contribution < -0.4 is 11.1 Å². The van der Waals surface area contributed by atoms with Crippen molar-refractivity contribution in [2.45, 2.75) is 58.3 Å². The first-order valence-corrected chi connectivity index (χ1v) is 7.40. The largest absolute Gasteiger partial charge is 0.379 e. The molecule has 0 aromatic rings. The van der Waals surface area contributed by atoms with Crippen LogP contribution in [0, 0.1) is 0 Å². The van der Waals surface area contributed by atoms with Crippen LogP contribution in [0.2, 0.25) is 0 Å². The van der Waals surface area contributed by atoms with Crippen LogP contribution >= 0.6 is 0 Å². The van der Waals surface area contributed by atoms with Gasteiger partial charge >= 0.3 is 0 Å². The van der Waals surface area contributed by atoms with Crippen LogP contribution in [0.5, 0.6) is 0 Å². The van der Waals surface area contributed by atoms with E-state index in [4.69, 9.17) is 10.5 Å². The highest BCUT2D eigenvalue weighted by molar-refractivity contribution is 4.50. The van der Waals surface area contributed by atoms with Gasteiger partial charge in [0.15, 0.2) is 0 Å². The summed E-state index contributed by atoms with van der Waals surface area (Å²) in [5.41, 5.74) is 5.32. The summed E-state index contributed by atoms with van der Waals surface area (Å²) in [4.78, 5) is 0. The Balaban J connectivity index is 2.85. The van der Waals surface area contributed by atoms with E-state index in [0.29, 0.717) is 13.2 Å². The van der Waals surface area contributed by atoms with Gasteiger partial charge in [0, 0.05) is 13.1 Å². The minimum atomic E-state index is 0.623. The Labute approximate surface area is 107 Å². The number of unbranched alkanes of at least 4 members (excludes halogenated alkanes) is 7. The zero-order valence-corrected chi connectivity index (χ0v) is 11.7. The molecule has 0 aliphatic rings. The molecule has 3 nitrogen and oxygen atoms in total. The molecule has 0 aliphatic heterocycles. The number of hydrogen-bond donors (Lipinski definition) is 2. The number of nitrogens with one attached hydrogen (secondary N) is 1. The maximum atomic E-state index is 5.32. The van der Waals surface area contributed by atoms with E-state index in [1.165, 1.54) is 51.4 Å². The Hall–Kier alpha value is -0.120. The first kappa shape index (κ1) is 16.9. The summed E-state index contributed by atoms with van der Waals surface area (Å²) in [6, 6.07) is 0. The SMILES string of the molecule is CCCCCCCCCCNCCOCCN. The molecule has 17 heavy (non-hydrogen) atoms. The van der Waals surface area contributed by atoms with Crippen LogP contribution in [-0.2, 0) is 4.74 Å². The Morgan fingerprint density at radius 3 is 2.12 bits per heavy atom. The summed E-state index contributed by atoms with van der Waals surface area (Å²) < 4.78 is 5.28. The lowest BCUT2D eigenvalue weighted by Gasteiger charge is -2.05. The summed E-state index contributed by atoms with van der Waals surface area (Å²) in [5, 5.41) is 3.39. The van der Waals surface area contributed by atoms with Crippen LogP contribution in [0.25, 0.3) is 0 Å². The van der Waals surface area contributed by atoms with E-state index in [1.807, 2.05) is 0 Å². The number of rotatable bonds is 14. The van der Waals surface area contributed by atoms with Crippen LogP contribution in [0.3, 0.4) is 0 Å². The van der Waals surface area contributed by atoms with E-state index >= 15 is 0 Å². The van der Waals surface area contributed by atoms with E-state index in [9.17, 15) is 0 Å². The smallest absolute Gasteiger partial charge is 0.0591 e. The van der Waals surface area contributed by atoms with E-state index in [0.717, 1.165) is 19.7 Å². The highest BCUT2D eigenvalue weighted by Gasteiger charge is 1.92. The van der Waals surface area contributed by atoms with Crippen molar-refractivity contribution in [2.24, 2.45) is 5.73 Å². The molecule has 0 unspecified atom stereocenters. The number of ether oxygens (including phenoxy) is 1. The zero-order valence-electron chi connectivity index (χ0n) is 11.7. The summed E-state index contributed by atoms with van der Waals surface area (Å²) in [6.07, 6.45) is 11.1. The molecule has 0 aromatic heterocycles. The topological polar surface area (TPSA) is 47.3 Å². The lowest BCUT2D eigenvalue weighted by molar-refractivity contribution is 0.143. The van der Waals surface area contributed by atoms with E-state index in [-0.39, 0.29) is 0 Å². The Bertz CT molecular complexity index is 117. The molecule has 3 N–H and O–H groups in total. The monoisotopic (exact) mass is 244 g/mol. The van der Waals surface area contributed by atoms with Crippen molar-refractivity contribution in [3.8, 4) is 0 Å². The van der Waals surface area contributed by atoms with Gasteiger partial charge < -0.3 is 15.8 Å². The van der Waals surface area contributed by atoms with Gasteiger partial charge in [-0.3, -0.25) is 0 Å². The fraction of sp³-hybridized carbons (Fsp3) is 1.00. The molecule has 0 amide bonds. The molecular formula is C14H32N2O. The molecule has 0 bridgehead atoms. The zero-order chi connectivity index (χ0) is 12.6. The van der Waals surface area contributed by atoms with Gasteiger partial charge in [-0.1, -0.05) is 51.9 Å². The Morgan fingerprint density at radius 1 is 0.824 bits per heavy atom. The first-order chi connectivity index (χ1) is 8.41. The number of hydrogen-bond acceptors (Lipinski definition) is 3. The normalized spacial score (nSPS) is 10.9. The lowest BCUT2D eigenvalue weighted by atomic mass is 10.1. The number of nitrogens with two attached hydrogens (primary N) is 1. The highest BCUT2D eigenvalue weighted by atomic mass is 16.5. The van der Waals surface area contributed by atoms with Crippen LogP contribution in [0.4, 0.5) is 0 Å². The minimum Gasteiger partial charge on any atom is -0.379 e. The van der Waals surface area contributed by atoms with Crippen LogP contribution in [-0.4, -0.2) is 32.8 Å². The van der Waals surface area contributed by atoms with E-state index < -0.39 is 0 Å². The molecule has 0 heterocycles. The predicted octanol–water partition coefficient (Wildman–Crippen LogP) is 2.69. The predicted molar refractivity (Wildman–Crippen MR) is 75.4 cm³/mol. The fourth-order valence-corrected chi connectivity index (χ4v) is 1.84. The highest BCUT2D eigenvalue weighted by Crippen LogP contribution is 2.07. The quantitative estimate of drug-likeness (QED) is 0.462. The van der Waals surface area contributed by atoms with Crippen LogP contribution in [0.15, 0.2) is 0 Å². The van der Waals surface area contributed by atoms with Crippen molar-refractivity contribution in [2.75, 3.05) is 32.8 Å². The van der Waals surface area contributed by atoms with Gasteiger partial charge in [0.2, 0.25) is 0 Å². The molecular weight excluding hydrogens is 212 g/mol. The fourth-order valence-electron chi connectivity index (χ4n) is 1.84. The van der Waals surface area contributed by atoms with Crippen molar-refractivity contribution < 1.29 is 4.74 Å². The summed E-state index contributed by atoms with van der Waals surface area (Å²) >= 11 is 0. The third kappa shape index (κ3) is 15.9. The van der Waals surface area contributed by atoms with Crippen molar-refractivity contribution in [1.29, 1.82) is 0 Å². The molecule has 0 aromatic carbocycles. The van der Waals surface area contributed by atoms with Crippen molar-refractivity contribution in [3.05, 3.63) is 0 Å². The molecule has 0 spiro atoms. The molecule has 0 saturated carbocycles. The second-order valence-corrected chi connectivity index (χ2v) is 4.63. The van der Waals surface area contributed by atoms with Crippen LogP contribution in [0.1, 0.15) is 58.3 Å². The van der Waals surface area contributed by atoms with Crippen molar-refractivity contribution >= 4 is 0 Å². The minimum absolute atomic E-state index is 0.623. The second-order valence-electron chi connectivity index (χ2n) is 4.63. The van der Waals surface area contributed by atoms with Gasteiger partial charge in [-0.2, -0.15) is 0 Å².